The Bertz CT molecular complexity index is 597. The van der Waals surface area contributed by atoms with E-state index in [1.165, 1.54) is 0 Å². The molecule has 5 heteroatoms. The zero-order valence-corrected chi connectivity index (χ0v) is 12.0. The van der Waals surface area contributed by atoms with Gasteiger partial charge in [0.2, 0.25) is 0 Å². The summed E-state index contributed by atoms with van der Waals surface area (Å²) >= 11 is 0. The minimum absolute atomic E-state index is 0.133. The first-order valence-electron chi connectivity index (χ1n) is 6.82. The zero-order chi connectivity index (χ0) is 15.1. The fourth-order valence-electron chi connectivity index (χ4n) is 1.91. The van der Waals surface area contributed by atoms with Gasteiger partial charge in [-0.05, 0) is 36.7 Å². The summed E-state index contributed by atoms with van der Waals surface area (Å²) in [4.78, 5) is 16.1. The predicted molar refractivity (Wildman–Crippen MR) is 82.2 cm³/mol. The molecule has 0 bridgehead atoms. The number of hydrogen-bond acceptors (Lipinski definition) is 4. The van der Waals surface area contributed by atoms with E-state index in [1.807, 2.05) is 30.3 Å². The molecule has 1 aromatic carbocycles. The number of amides is 1. The van der Waals surface area contributed by atoms with E-state index in [-0.39, 0.29) is 5.91 Å². The number of carbonyl (C=O) groups excluding carboxylic acids is 1. The fraction of sp³-hybridized carbons (Fsp3) is 0.250. The van der Waals surface area contributed by atoms with Gasteiger partial charge in [-0.2, -0.15) is 0 Å². The van der Waals surface area contributed by atoms with Crippen LogP contribution in [0.25, 0.3) is 11.1 Å². The second kappa shape index (κ2) is 7.40. The fourth-order valence-corrected chi connectivity index (χ4v) is 1.91. The van der Waals surface area contributed by atoms with Crippen LogP contribution in [0.3, 0.4) is 0 Å². The highest BCUT2D eigenvalue weighted by Crippen LogP contribution is 2.22. The number of nitrogens with zero attached hydrogens (tertiary/aromatic N) is 1. The van der Waals surface area contributed by atoms with Crippen LogP contribution in [-0.4, -0.2) is 31.1 Å². The molecule has 5 nitrogen and oxygen atoms in total. The van der Waals surface area contributed by atoms with Gasteiger partial charge in [-0.3, -0.25) is 9.78 Å². The van der Waals surface area contributed by atoms with Gasteiger partial charge in [0.1, 0.15) is 5.75 Å². The molecule has 0 unspecified atom stereocenters. The molecule has 0 radical (unpaired) electrons. The van der Waals surface area contributed by atoms with Crippen molar-refractivity contribution in [1.82, 2.24) is 10.3 Å². The molecule has 1 heterocycles. The van der Waals surface area contributed by atoms with Gasteiger partial charge in [0.05, 0.1) is 12.7 Å². The molecule has 1 aromatic heterocycles. The van der Waals surface area contributed by atoms with Gasteiger partial charge < -0.3 is 15.8 Å². The lowest BCUT2D eigenvalue weighted by molar-refractivity contribution is 0.0953. The highest BCUT2D eigenvalue weighted by Gasteiger charge is 2.07. The molecular formula is C16H19N3O2. The Morgan fingerprint density at radius 2 is 2.00 bits per heavy atom. The van der Waals surface area contributed by atoms with Gasteiger partial charge in [0.15, 0.2) is 0 Å². The maximum atomic E-state index is 12.0. The first-order chi connectivity index (χ1) is 10.2. The molecule has 1 amide bonds. The minimum atomic E-state index is -0.133. The smallest absolute Gasteiger partial charge is 0.252 e. The molecule has 0 aliphatic heterocycles. The third kappa shape index (κ3) is 4.03. The monoisotopic (exact) mass is 285 g/mol. The van der Waals surface area contributed by atoms with Crippen LogP contribution in [0.5, 0.6) is 5.75 Å². The van der Waals surface area contributed by atoms with Crippen molar-refractivity contribution in [2.24, 2.45) is 5.73 Å². The third-order valence-electron chi connectivity index (χ3n) is 3.09. The van der Waals surface area contributed by atoms with Gasteiger partial charge in [-0.1, -0.05) is 12.1 Å². The van der Waals surface area contributed by atoms with Gasteiger partial charge >= 0.3 is 0 Å². The van der Waals surface area contributed by atoms with Crippen LogP contribution in [0.1, 0.15) is 16.8 Å². The molecule has 0 atom stereocenters. The Labute approximate surface area is 124 Å². The Morgan fingerprint density at radius 3 is 2.67 bits per heavy atom. The van der Waals surface area contributed by atoms with Gasteiger partial charge in [0.25, 0.3) is 5.91 Å². The lowest BCUT2D eigenvalue weighted by Crippen LogP contribution is -2.26. The topological polar surface area (TPSA) is 77.2 Å². The van der Waals surface area contributed by atoms with Crippen molar-refractivity contribution < 1.29 is 9.53 Å². The maximum absolute atomic E-state index is 12.0. The van der Waals surface area contributed by atoms with Crippen molar-refractivity contribution in [3.8, 4) is 16.9 Å². The second-order valence-corrected chi connectivity index (χ2v) is 4.59. The van der Waals surface area contributed by atoms with Crippen molar-refractivity contribution in [3.63, 3.8) is 0 Å². The first kappa shape index (κ1) is 15.0. The van der Waals surface area contributed by atoms with Crippen LogP contribution >= 0.6 is 0 Å². The van der Waals surface area contributed by atoms with E-state index in [0.717, 1.165) is 23.3 Å². The van der Waals surface area contributed by atoms with Crippen molar-refractivity contribution in [2.45, 2.75) is 6.42 Å². The Hall–Kier alpha value is -2.40. The summed E-state index contributed by atoms with van der Waals surface area (Å²) in [5.41, 5.74) is 7.82. The largest absolute Gasteiger partial charge is 0.497 e. The molecule has 0 aliphatic rings. The average Bonchev–Trinajstić information content (AvgIpc) is 2.55. The summed E-state index contributed by atoms with van der Waals surface area (Å²) in [5.74, 6) is 0.661. The minimum Gasteiger partial charge on any atom is -0.497 e. The average molecular weight is 285 g/mol. The van der Waals surface area contributed by atoms with Crippen LogP contribution in [0.4, 0.5) is 0 Å². The number of methoxy groups -OCH3 is 1. The lowest BCUT2D eigenvalue weighted by atomic mass is 10.1. The van der Waals surface area contributed by atoms with E-state index in [0.29, 0.717) is 18.7 Å². The Morgan fingerprint density at radius 1 is 1.24 bits per heavy atom. The van der Waals surface area contributed by atoms with Crippen LogP contribution in [0, 0.1) is 0 Å². The summed E-state index contributed by atoms with van der Waals surface area (Å²) < 4.78 is 5.13. The zero-order valence-electron chi connectivity index (χ0n) is 12.0. The third-order valence-corrected chi connectivity index (χ3v) is 3.09. The number of aromatic nitrogens is 1. The SMILES string of the molecule is COc1ccc(-c2cncc(C(=O)NCCCN)c2)cc1. The van der Waals surface area contributed by atoms with Crippen molar-refractivity contribution in [3.05, 3.63) is 48.3 Å². The highest BCUT2D eigenvalue weighted by molar-refractivity contribution is 5.95. The highest BCUT2D eigenvalue weighted by atomic mass is 16.5. The Kier molecular flexibility index (Phi) is 5.29. The molecule has 0 fully saturated rings. The summed E-state index contributed by atoms with van der Waals surface area (Å²) in [6.07, 6.45) is 4.06. The number of ether oxygens (including phenoxy) is 1. The van der Waals surface area contributed by atoms with Gasteiger partial charge in [-0.15, -0.1) is 0 Å². The van der Waals surface area contributed by atoms with Crippen molar-refractivity contribution in [2.75, 3.05) is 20.2 Å². The van der Waals surface area contributed by atoms with E-state index >= 15 is 0 Å². The number of carbonyl (C=O) groups is 1. The van der Waals surface area contributed by atoms with Crippen molar-refractivity contribution >= 4 is 5.91 Å². The molecular weight excluding hydrogens is 266 g/mol. The molecule has 2 aromatic rings. The molecule has 0 aliphatic carbocycles. The first-order valence-corrected chi connectivity index (χ1v) is 6.82. The van der Waals surface area contributed by atoms with Crippen LogP contribution in [0.2, 0.25) is 0 Å². The summed E-state index contributed by atoms with van der Waals surface area (Å²) in [7, 11) is 1.63. The van der Waals surface area contributed by atoms with Crippen molar-refractivity contribution in [1.29, 1.82) is 0 Å². The van der Waals surface area contributed by atoms with Crippen LogP contribution in [0.15, 0.2) is 42.7 Å². The second-order valence-electron chi connectivity index (χ2n) is 4.59. The summed E-state index contributed by atoms with van der Waals surface area (Å²) in [6, 6.07) is 9.46. The number of nitrogens with one attached hydrogen (secondary N) is 1. The quantitative estimate of drug-likeness (QED) is 0.794. The molecule has 110 valence electrons. The predicted octanol–water partition coefficient (Wildman–Crippen LogP) is 1.84. The molecule has 0 saturated heterocycles. The molecule has 2 rings (SSSR count). The molecule has 3 N–H and O–H groups in total. The Balaban J connectivity index is 2.14. The summed E-state index contributed by atoms with van der Waals surface area (Å²) in [6.45, 7) is 1.13. The number of rotatable bonds is 6. The maximum Gasteiger partial charge on any atom is 0.252 e. The van der Waals surface area contributed by atoms with Crippen LogP contribution in [-0.2, 0) is 0 Å². The number of benzene rings is 1. The van der Waals surface area contributed by atoms with Gasteiger partial charge in [-0.25, -0.2) is 0 Å². The number of nitrogens with two attached hydrogens (primary N) is 1. The van der Waals surface area contributed by atoms with Crippen LogP contribution < -0.4 is 15.8 Å². The van der Waals surface area contributed by atoms with Gasteiger partial charge in [0, 0.05) is 24.5 Å². The molecule has 21 heavy (non-hydrogen) atoms. The van der Waals surface area contributed by atoms with E-state index in [4.69, 9.17) is 10.5 Å². The van der Waals surface area contributed by atoms with E-state index in [1.54, 1.807) is 19.5 Å². The normalized spacial score (nSPS) is 10.2. The summed E-state index contributed by atoms with van der Waals surface area (Å²) in [5, 5.41) is 2.82. The molecule has 0 spiro atoms. The molecule has 0 saturated carbocycles. The standard InChI is InChI=1S/C16H19N3O2/c1-21-15-5-3-12(4-6-15)13-9-14(11-18-10-13)16(20)19-8-2-7-17/h3-6,9-11H,2,7-8,17H2,1H3,(H,19,20). The van der Waals surface area contributed by atoms with E-state index < -0.39 is 0 Å². The number of hydrogen-bond donors (Lipinski definition) is 2. The van der Waals surface area contributed by atoms with E-state index in [9.17, 15) is 4.79 Å². The van der Waals surface area contributed by atoms with E-state index in [2.05, 4.69) is 10.3 Å². The lowest BCUT2D eigenvalue weighted by Gasteiger charge is -2.07. The number of pyridine rings is 1.